The van der Waals surface area contributed by atoms with Gasteiger partial charge in [-0.1, -0.05) is 42.5 Å². The quantitative estimate of drug-likeness (QED) is 0.435. The van der Waals surface area contributed by atoms with Crippen LogP contribution in [0.2, 0.25) is 0 Å². The molecule has 0 atom stereocenters. The Morgan fingerprint density at radius 1 is 1.10 bits per heavy atom. The predicted octanol–water partition coefficient (Wildman–Crippen LogP) is 2.35. The molecular formula is C23H23BN4O3. The van der Waals surface area contributed by atoms with Crippen LogP contribution in [0.3, 0.4) is 0 Å². The second kappa shape index (κ2) is 8.05. The zero-order valence-corrected chi connectivity index (χ0v) is 17.2. The van der Waals surface area contributed by atoms with E-state index in [1.165, 1.54) is 0 Å². The maximum absolute atomic E-state index is 9.76. The van der Waals surface area contributed by atoms with Crippen molar-refractivity contribution in [3.05, 3.63) is 71.5 Å². The lowest BCUT2D eigenvalue weighted by atomic mass is 9.78. The Kier molecular flexibility index (Phi) is 5.09. The summed E-state index contributed by atoms with van der Waals surface area (Å²) in [6, 6.07) is 17.5. The van der Waals surface area contributed by atoms with Gasteiger partial charge < -0.3 is 20.1 Å². The van der Waals surface area contributed by atoms with Crippen molar-refractivity contribution in [1.29, 1.82) is 0 Å². The third-order valence-electron chi connectivity index (χ3n) is 5.57. The molecule has 4 aromatic rings. The summed E-state index contributed by atoms with van der Waals surface area (Å²) in [5, 5.41) is 23.7. The van der Waals surface area contributed by atoms with Gasteiger partial charge in [-0.05, 0) is 42.9 Å². The topological polar surface area (TPSA) is 92.4 Å². The second-order valence-corrected chi connectivity index (χ2v) is 7.71. The molecule has 5 rings (SSSR count). The summed E-state index contributed by atoms with van der Waals surface area (Å²) in [5.41, 5.74) is 4.23. The number of ether oxygens (including phenoxy) is 1. The highest BCUT2D eigenvalue weighted by molar-refractivity contribution is 6.61. The van der Waals surface area contributed by atoms with E-state index in [4.69, 9.17) is 14.7 Å². The average molecular weight is 414 g/mol. The van der Waals surface area contributed by atoms with Crippen LogP contribution in [0.1, 0.15) is 23.4 Å². The number of anilines is 1. The molecule has 0 saturated heterocycles. The number of aryl methyl sites for hydroxylation is 2. The molecule has 8 heteroatoms. The number of nitrogens with one attached hydrogen (secondary N) is 1. The minimum atomic E-state index is -1.54. The molecule has 3 N–H and O–H groups in total. The van der Waals surface area contributed by atoms with Crippen LogP contribution in [0.5, 0.6) is 5.75 Å². The van der Waals surface area contributed by atoms with E-state index < -0.39 is 7.12 Å². The summed E-state index contributed by atoms with van der Waals surface area (Å²) in [5.74, 6) is 1.92. The van der Waals surface area contributed by atoms with Crippen LogP contribution in [0.4, 0.5) is 5.82 Å². The van der Waals surface area contributed by atoms with Gasteiger partial charge in [-0.15, -0.1) is 0 Å². The molecule has 2 aromatic carbocycles. The van der Waals surface area contributed by atoms with Crippen molar-refractivity contribution < 1.29 is 14.8 Å². The van der Waals surface area contributed by atoms with E-state index in [1.54, 1.807) is 6.07 Å². The van der Waals surface area contributed by atoms with Crippen molar-refractivity contribution in [3.63, 3.8) is 0 Å². The number of rotatable bonds is 5. The number of aromatic nitrogens is 3. The molecule has 1 aliphatic rings. The lowest BCUT2D eigenvalue weighted by Crippen LogP contribution is -2.30. The largest absolute Gasteiger partial charge is 0.489 e. The minimum absolute atomic E-state index is 0.461. The van der Waals surface area contributed by atoms with E-state index in [9.17, 15) is 10.0 Å². The van der Waals surface area contributed by atoms with E-state index in [-0.39, 0.29) is 0 Å². The van der Waals surface area contributed by atoms with Gasteiger partial charge >= 0.3 is 7.12 Å². The van der Waals surface area contributed by atoms with Gasteiger partial charge in [0, 0.05) is 17.6 Å². The first-order valence-corrected chi connectivity index (χ1v) is 10.4. The fraction of sp³-hybridized carbons (Fsp3) is 0.217. The van der Waals surface area contributed by atoms with Crippen LogP contribution < -0.4 is 15.5 Å². The van der Waals surface area contributed by atoms with Crippen molar-refractivity contribution in [2.75, 3.05) is 11.9 Å². The molecule has 156 valence electrons. The summed E-state index contributed by atoms with van der Waals surface area (Å²) in [6.07, 6.45) is 1.73. The zero-order valence-electron chi connectivity index (χ0n) is 17.2. The van der Waals surface area contributed by atoms with Gasteiger partial charge in [0.15, 0.2) is 11.6 Å². The van der Waals surface area contributed by atoms with Crippen molar-refractivity contribution in [2.24, 2.45) is 0 Å². The fourth-order valence-corrected chi connectivity index (χ4v) is 4.10. The Morgan fingerprint density at radius 3 is 2.74 bits per heavy atom. The molecule has 7 nitrogen and oxygen atoms in total. The molecule has 0 amide bonds. The predicted molar refractivity (Wildman–Crippen MR) is 121 cm³/mol. The Morgan fingerprint density at radius 2 is 1.94 bits per heavy atom. The third-order valence-corrected chi connectivity index (χ3v) is 5.57. The Labute approximate surface area is 180 Å². The Balaban J connectivity index is 1.62. The Hall–Kier alpha value is -3.36. The monoisotopic (exact) mass is 414 g/mol. The molecule has 31 heavy (non-hydrogen) atoms. The number of fused-ring (bicyclic) bond motifs is 2. The molecule has 1 aliphatic heterocycles. The molecule has 0 radical (unpaired) electrons. The molecule has 0 bridgehead atoms. The lowest BCUT2D eigenvalue weighted by molar-refractivity contribution is 0.285. The highest BCUT2D eigenvalue weighted by Crippen LogP contribution is 2.33. The van der Waals surface area contributed by atoms with Gasteiger partial charge in [-0.25, -0.2) is 4.98 Å². The second-order valence-electron chi connectivity index (χ2n) is 7.71. The fourth-order valence-electron chi connectivity index (χ4n) is 4.10. The van der Waals surface area contributed by atoms with Gasteiger partial charge in [-0.2, -0.15) is 4.98 Å². The summed E-state index contributed by atoms with van der Waals surface area (Å²) in [4.78, 5) is 9.64. The molecule has 0 saturated carbocycles. The molecule has 0 aliphatic carbocycles. The zero-order chi connectivity index (χ0) is 21.4. The summed E-state index contributed by atoms with van der Waals surface area (Å²) >= 11 is 0. The van der Waals surface area contributed by atoms with Crippen LogP contribution >= 0.6 is 0 Å². The molecule has 0 fully saturated rings. The van der Waals surface area contributed by atoms with Crippen molar-refractivity contribution >= 4 is 29.3 Å². The number of nitrogens with zero attached hydrogens (tertiary/aromatic N) is 3. The van der Waals surface area contributed by atoms with Crippen LogP contribution in [-0.4, -0.2) is 38.3 Å². The van der Waals surface area contributed by atoms with E-state index >= 15 is 0 Å². The standard InChI is InChI=1S/C23H23BN4O3/c1-15-13-17-18(24(29)30)9-5-11-20(17)28(15)23-26-19-10-6-12-31-21(19)22(27-23)25-14-16-7-3-2-4-8-16/h2-5,7-9,11,13,29-30H,6,10,12,14H2,1H3,(H,25,26,27). The average Bonchev–Trinajstić information content (AvgIpc) is 3.13. The summed E-state index contributed by atoms with van der Waals surface area (Å²) in [6.45, 7) is 3.24. The normalized spacial score (nSPS) is 13.0. The summed E-state index contributed by atoms with van der Waals surface area (Å²) < 4.78 is 7.87. The number of benzene rings is 2. The first kappa shape index (κ1) is 19.6. The highest BCUT2D eigenvalue weighted by Gasteiger charge is 2.23. The van der Waals surface area contributed by atoms with Crippen LogP contribution in [0, 0.1) is 6.92 Å². The Bertz CT molecular complexity index is 1240. The van der Waals surface area contributed by atoms with Crippen molar-refractivity contribution in [1.82, 2.24) is 14.5 Å². The maximum Gasteiger partial charge on any atom is 0.489 e. The number of hydrogen-bond acceptors (Lipinski definition) is 6. The SMILES string of the molecule is Cc1cc2c(B(O)O)cccc2n1-c1nc2c(c(NCc3ccccc3)n1)OCCC2. The highest BCUT2D eigenvalue weighted by atomic mass is 16.5. The number of hydrogen-bond donors (Lipinski definition) is 3. The van der Waals surface area contributed by atoms with E-state index in [0.717, 1.165) is 40.7 Å². The van der Waals surface area contributed by atoms with Gasteiger partial charge in [-0.3, -0.25) is 4.57 Å². The van der Waals surface area contributed by atoms with Gasteiger partial charge in [0.2, 0.25) is 5.95 Å². The van der Waals surface area contributed by atoms with Crippen molar-refractivity contribution in [2.45, 2.75) is 26.3 Å². The third kappa shape index (κ3) is 3.64. The van der Waals surface area contributed by atoms with Crippen LogP contribution in [-0.2, 0) is 13.0 Å². The lowest BCUT2D eigenvalue weighted by Gasteiger charge is -2.21. The molecule has 2 aromatic heterocycles. The molecule has 3 heterocycles. The van der Waals surface area contributed by atoms with E-state index in [0.29, 0.717) is 36.1 Å². The maximum atomic E-state index is 9.76. The van der Waals surface area contributed by atoms with Gasteiger partial charge in [0.25, 0.3) is 0 Å². The first-order valence-electron chi connectivity index (χ1n) is 10.4. The molecular weight excluding hydrogens is 391 g/mol. The van der Waals surface area contributed by atoms with Crippen LogP contribution in [0.15, 0.2) is 54.6 Å². The van der Waals surface area contributed by atoms with Gasteiger partial charge in [0.1, 0.15) is 0 Å². The first-order chi connectivity index (χ1) is 15.1. The summed E-state index contributed by atoms with van der Waals surface area (Å²) in [7, 11) is -1.54. The van der Waals surface area contributed by atoms with Crippen molar-refractivity contribution in [3.8, 4) is 11.7 Å². The van der Waals surface area contributed by atoms with E-state index in [2.05, 4.69) is 17.4 Å². The van der Waals surface area contributed by atoms with Crippen LogP contribution in [0.25, 0.3) is 16.9 Å². The molecule has 0 spiro atoms. The minimum Gasteiger partial charge on any atom is -0.488 e. The smallest absolute Gasteiger partial charge is 0.488 e. The molecule has 0 unspecified atom stereocenters. The van der Waals surface area contributed by atoms with E-state index in [1.807, 2.05) is 47.9 Å². The van der Waals surface area contributed by atoms with Gasteiger partial charge in [0.05, 0.1) is 17.8 Å².